The third kappa shape index (κ3) is 5.11. The van der Waals surface area contributed by atoms with E-state index in [1.165, 1.54) is 0 Å². The number of rotatable bonds is 9. The lowest BCUT2D eigenvalue weighted by molar-refractivity contribution is 0.217. The molecule has 4 aromatic rings. The van der Waals surface area contributed by atoms with Crippen molar-refractivity contribution in [3.8, 4) is 28.5 Å². The van der Waals surface area contributed by atoms with Crippen molar-refractivity contribution >= 4 is 5.69 Å². The van der Waals surface area contributed by atoms with Crippen LogP contribution >= 0.6 is 0 Å². The Labute approximate surface area is 175 Å². The third-order valence-corrected chi connectivity index (χ3v) is 4.42. The van der Waals surface area contributed by atoms with Gasteiger partial charge in [-0.3, -0.25) is 5.10 Å². The van der Waals surface area contributed by atoms with Crippen LogP contribution in [-0.2, 0) is 6.61 Å². The summed E-state index contributed by atoms with van der Waals surface area (Å²) in [5, 5.41) is 7.43. The summed E-state index contributed by atoms with van der Waals surface area (Å²) < 4.78 is 17.4. The molecule has 6 heteroatoms. The summed E-state index contributed by atoms with van der Waals surface area (Å²) in [4.78, 5) is 0. The van der Waals surface area contributed by atoms with Crippen LogP contribution in [0.3, 0.4) is 0 Å². The molecule has 1 aromatic heterocycles. The van der Waals surface area contributed by atoms with Crippen LogP contribution in [-0.4, -0.2) is 23.4 Å². The van der Waals surface area contributed by atoms with Crippen LogP contribution in [0.4, 0.5) is 5.69 Å². The van der Waals surface area contributed by atoms with Crippen LogP contribution in [0.1, 0.15) is 5.69 Å². The monoisotopic (exact) mass is 401 g/mol. The number of hydrogen-bond donors (Lipinski definition) is 2. The first-order chi connectivity index (χ1) is 14.8. The molecule has 0 aliphatic heterocycles. The molecule has 6 nitrogen and oxygen atoms in total. The molecule has 1 heterocycles. The van der Waals surface area contributed by atoms with E-state index in [4.69, 9.17) is 19.9 Å². The Morgan fingerprint density at radius 1 is 0.733 bits per heavy atom. The predicted molar refractivity (Wildman–Crippen MR) is 117 cm³/mol. The van der Waals surface area contributed by atoms with Crippen molar-refractivity contribution in [1.29, 1.82) is 0 Å². The molecule has 0 radical (unpaired) electrons. The van der Waals surface area contributed by atoms with Crippen LogP contribution in [0.5, 0.6) is 17.2 Å². The molecule has 0 saturated heterocycles. The molecule has 0 spiro atoms. The fourth-order valence-corrected chi connectivity index (χ4v) is 2.93. The number of nitrogens with one attached hydrogen (secondary N) is 1. The molecule has 0 unspecified atom stereocenters. The average Bonchev–Trinajstić information content (AvgIpc) is 3.26. The standard InChI is InChI=1S/C24H23N3O3/c25-18-10-12-21(13-11-18)30-17-19-16-23(27-26-19)22-8-4-5-9-24(22)29-15-14-28-20-6-2-1-3-7-20/h1-13,16H,14-15,17,25H2,(H,26,27). The SMILES string of the molecule is Nc1ccc(OCc2cc(-c3ccccc3OCCOc3ccccc3)n[nH]2)cc1. The van der Waals surface area contributed by atoms with Crippen LogP contribution in [0.2, 0.25) is 0 Å². The number of H-pyrrole nitrogens is 1. The fraction of sp³-hybridized carbons (Fsp3) is 0.125. The number of nitrogen functional groups attached to an aromatic ring is 1. The summed E-state index contributed by atoms with van der Waals surface area (Å²) in [7, 11) is 0. The third-order valence-electron chi connectivity index (χ3n) is 4.42. The first kappa shape index (κ1) is 19.4. The number of anilines is 1. The summed E-state index contributed by atoms with van der Waals surface area (Å²) in [5.41, 5.74) is 8.97. The van der Waals surface area contributed by atoms with E-state index in [2.05, 4.69) is 10.2 Å². The number of aromatic nitrogens is 2. The summed E-state index contributed by atoms with van der Waals surface area (Å²) in [6.07, 6.45) is 0. The number of hydrogen-bond acceptors (Lipinski definition) is 5. The zero-order chi connectivity index (χ0) is 20.6. The molecule has 30 heavy (non-hydrogen) atoms. The second kappa shape index (κ2) is 9.52. The predicted octanol–water partition coefficient (Wildman–Crippen LogP) is 4.70. The van der Waals surface area contributed by atoms with Gasteiger partial charge in [0.25, 0.3) is 0 Å². The van der Waals surface area contributed by atoms with Crippen molar-refractivity contribution in [3.05, 3.63) is 90.6 Å². The lowest BCUT2D eigenvalue weighted by atomic mass is 10.1. The van der Waals surface area contributed by atoms with Gasteiger partial charge in [0.15, 0.2) is 0 Å². The number of para-hydroxylation sites is 2. The summed E-state index contributed by atoms with van der Waals surface area (Å²) in [6, 6.07) is 26.7. The summed E-state index contributed by atoms with van der Waals surface area (Å²) >= 11 is 0. The summed E-state index contributed by atoms with van der Waals surface area (Å²) in [5.74, 6) is 2.33. The fourth-order valence-electron chi connectivity index (χ4n) is 2.93. The van der Waals surface area contributed by atoms with Crippen molar-refractivity contribution in [2.75, 3.05) is 18.9 Å². The second-order valence-electron chi connectivity index (χ2n) is 6.64. The Hall–Kier alpha value is -3.93. The number of aromatic amines is 1. The van der Waals surface area contributed by atoms with Crippen molar-refractivity contribution in [2.24, 2.45) is 0 Å². The molecule has 0 saturated carbocycles. The molecule has 3 aromatic carbocycles. The zero-order valence-electron chi connectivity index (χ0n) is 16.5. The van der Waals surface area contributed by atoms with E-state index in [0.717, 1.165) is 34.2 Å². The minimum atomic E-state index is 0.380. The molecular weight excluding hydrogens is 378 g/mol. The van der Waals surface area contributed by atoms with Crippen LogP contribution in [0.25, 0.3) is 11.3 Å². The van der Waals surface area contributed by atoms with Crippen molar-refractivity contribution in [2.45, 2.75) is 6.61 Å². The van der Waals surface area contributed by atoms with Crippen LogP contribution < -0.4 is 19.9 Å². The van der Waals surface area contributed by atoms with E-state index in [9.17, 15) is 0 Å². The maximum absolute atomic E-state index is 5.94. The highest BCUT2D eigenvalue weighted by Crippen LogP contribution is 2.29. The van der Waals surface area contributed by atoms with Gasteiger partial charge < -0.3 is 19.9 Å². The second-order valence-corrected chi connectivity index (χ2v) is 6.64. The van der Waals surface area contributed by atoms with Gasteiger partial charge in [0.05, 0.1) is 11.4 Å². The molecule has 0 aliphatic carbocycles. The maximum atomic E-state index is 5.94. The Balaban J connectivity index is 1.35. The Bertz CT molecular complexity index is 1060. The van der Waals surface area contributed by atoms with Gasteiger partial charge in [-0.1, -0.05) is 30.3 Å². The van der Waals surface area contributed by atoms with Crippen molar-refractivity contribution < 1.29 is 14.2 Å². The molecule has 0 aliphatic rings. The van der Waals surface area contributed by atoms with Gasteiger partial charge in [-0.25, -0.2) is 0 Å². The molecule has 0 bridgehead atoms. The highest BCUT2D eigenvalue weighted by Gasteiger charge is 2.10. The smallest absolute Gasteiger partial charge is 0.130 e. The largest absolute Gasteiger partial charge is 0.490 e. The van der Waals surface area contributed by atoms with E-state index in [1.54, 1.807) is 0 Å². The molecule has 4 rings (SSSR count). The first-order valence-electron chi connectivity index (χ1n) is 9.70. The zero-order valence-corrected chi connectivity index (χ0v) is 16.5. The molecule has 152 valence electrons. The van der Waals surface area contributed by atoms with Crippen LogP contribution in [0, 0.1) is 0 Å². The van der Waals surface area contributed by atoms with Crippen LogP contribution in [0.15, 0.2) is 84.9 Å². The van der Waals surface area contributed by atoms with Gasteiger partial charge in [0, 0.05) is 11.3 Å². The molecule has 0 atom stereocenters. The van der Waals surface area contributed by atoms with Crippen molar-refractivity contribution in [3.63, 3.8) is 0 Å². The topological polar surface area (TPSA) is 82.4 Å². The lowest BCUT2D eigenvalue weighted by Crippen LogP contribution is -2.09. The van der Waals surface area contributed by atoms with E-state index in [1.807, 2.05) is 84.9 Å². The number of nitrogens with two attached hydrogens (primary N) is 1. The van der Waals surface area contributed by atoms with E-state index < -0.39 is 0 Å². The van der Waals surface area contributed by atoms with Gasteiger partial charge >= 0.3 is 0 Å². The average molecular weight is 401 g/mol. The van der Waals surface area contributed by atoms with E-state index >= 15 is 0 Å². The van der Waals surface area contributed by atoms with Gasteiger partial charge in [-0.15, -0.1) is 0 Å². The molecule has 0 fully saturated rings. The van der Waals surface area contributed by atoms with Gasteiger partial charge in [0.2, 0.25) is 0 Å². The van der Waals surface area contributed by atoms with Gasteiger partial charge in [0.1, 0.15) is 37.1 Å². The highest BCUT2D eigenvalue weighted by molar-refractivity contribution is 5.67. The Kier molecular flexibility index (Phi) is 6.15. The number of benzene rings is 3. The van der Waals surface area contributed by atoms with Gasteiger partial charge in [-0.05, 0) is 54.6 Å². The quantitative estimate of drug-likeness (QED) is 0.314. The molecule has 3 N–H and O–H groups in total. The highest BCUT2D eigenvalue weighted by atomic mass is 16.5. The Morgan fingerprint density at radius 3 is 2.27 bits per heavy atom. The van der Waals surface area contributed by atoms with E-state index in [-0.39, 0.29) is 0 Å². The molecule has 0 amide bonds. The van der Waals surface area contributed by atoms with E-state index in [0.29, 0.717) is 25.5 Å². The first-order valence-corrected chi connectivity index (χ1v) is 9.70. The summed E-state index contributed by atoms with van der Waals surface area (Å²) in [6.45, 7) is 1.27. The minimum absolute atomic E-state index is 0.380. The maximum Gasteiger partial charge on any atom is 0.130 e. The molecular formula is C24H23N3O3. The normalized spacial score (nSPS) is 10.5. The Morgan fingerprint density at radius 2 is 1.43 bits per heavy atom. The van der Waals surface area contributed by atoms with Crippen molar-refractivity contribution in [1.82, 2.24) is 10.2 Å². The van der Waals surface area contributed by atoms with Gasteiger partial charge in [-0.2, -0.15) is 5.10 Å². The lowest BCUT2D eigenvalue weighted by Gasteiger charge is -2.11. The minimum Gasteiger partial charge on any atom is -0.490 e. The number of ether oxygens (including phenoxy) is 3. The number of nitrogens with zero attached hydrogens (tertiary/aromatic N) is 1.